The van der Waals surface area contributed by atoms with Gasteiger partial charge < -0.3 is 5.73 Å². The van der Waals surface area contributed by atoms with Crippen LogP contribution in [0.25, 0.3) is 0 Å². The molecule has 0 aromatic heterocycles. The van der Waals surface area contributed by atoms with Gasteiger partial charge in [-0.05, 0) is 18.3 Å². The topological polar surface area (TPSA) is 26.0 Å². The Balaban J connectivity index is 2.54. The summed E-state index contributed by atoms with van der Waals surface area (Å²) in [6, 6.07) is 0. The lowest BCUT2D eigenvalue weighted by atomic mass is 9.60. The van der Waals surface area contributed by atoms with Crippen molar-refractivity contribution in [2.45, 2.75) is 32.2 Å². The lowest BCUT2D eigenvalue weighted by molar-refractivity contribution is 0.107. The van der Waals surface area contributed by atoms with Crippen molar-refractivity contribution >= 4 is 0 Å². The molecule has 1 nitrogen and oxygen atoms in total. The Morgan fingerprint density at radius 3 is 2.00 bits per heavy atom. The maximum atomic E-state index is 5.74. The summed E-state index contributed by atoms with van der Waals surface area (Å²) in [4.78, 5) is 0. The Hall–Kier alpha value is -0.480. The molecule has 1 rings (SSSR count). The zero-order valence-electron chi connectivity index (χ0n) is 6.07. The van der Waals surface area contributed by atoms with Gasteiger partial charge in [0.25, 0.3) is 0 Å². The molecule has 2 N–H and O–H groups in total. The molecule has 1 aliphatic carbocycles. The van der Waals surface area contributed by atoms with E-state index >= 15 is 0 Å². The van der Waals surface area contributed by atoms with Crippen molar-refractivity contribution in [3.8, 4) is 12.3 Å². The van der Waals surface area contributed by atoms with E-state index in [1.807, 2.05) is 0 Å². The number of hydrogen-bond donors (Lipinski definition) is 1. The van der Waals surface area contributed by atoms with Crippen LogP contribution in [-0.4, -0.2) is 5.54 Å². The largest absolute Gasteiger partial charge is 0.315 e. The van der Waals surface area contributed by atoms with Crippen molar-refractivity contribution in [3.63, 3.8) is 0 Å². The van der Waals surface area contributed by atoms with E-state index in [0.717, 1.165) is 12.8 Å². The van der Waals surface area contributed by atoms with Crippen LogP contribution >= 0.6 is 0 Å². The molecular weight excluding hydrogens is 110 g/mol. The molecule has 0 saturated heterocycles. The van der Waals surface area contributed by atoms with Crippen LogP contribution in [0.2, 0.25) is 0 Å². The molecule has 0 unspecified atom stereocenters. The fraction of sp³-hybridized carbons (Fsp3) is 0.750. The average molecular weight is 123 g/mol. The zero-order valence-corrected chi connectivity index (χ0v) is 6.07. The molecule has 0 bridgehead atoms. The predicted molar refractivity (Wildman–Crippen MR) is 38.8 cm³/mol. The van der Waals surface area contributed by atoms with Crippen molar-refractivity contribution in [1.29, 1.82) is 0 Å². The van der Waals surface area contributed by atoms with Crippen LogP contribution in [0.15, 0.2) is 0 Å². The van der Waals surface area contributed by atoms with E-state index < -0.39 is 0 Å². The molecule has 1 saturated carbocycles. The highest BCUT2D eigenvalue weighted by atomic mass is 14.8. The van der Waals surface area contributed by atoms with E-state index in [1.165, 1.54) is 0 Å². The van der Waals surface area contributed by atoms with Crippen LogP contribution < -0.4 is 5.73 Å². The quantitative estimate of drug-likeness (QED) is 0.480. The highest BCUT2D eigenvalue weighted by Gasteiger charge is 2.45. The summed E-state index contributed by atoms with van der Waals surface area (Å²) in [6.45, 7) is 4.38. The Labute approximate surface area is 56.6 Å². The highest BCUT2D eigenvalue weighted by molar-refractivity contribution is 5.20. The molecule has 1 fully saturated rings. The molecule has 0 radical (unpaired) electrons. The van der Waals surface area contributed by atoms with Gasteiger partial charge in [-0.15, -0.1) is 6.42 Å². The third-order valence-corrected chi connectivity index (χ3v) is 1.88. The zero-order chi connectivity index (χ0) is 7.12. The smallest absolute Gasteiger partial charge is 0.0783 e. The van der Waals surface area contributed by atoms with Gasteiger partial charge in [0, 0.05) is 0 Å². The SMILES string of the molecule is C#CC1(N)CC(C)(C)C1. The Bertz CT molecular complexity index is 154. The second-order valence-corrected chi connectivity index (χ2v) is 3.82. The van der Waals surface area contributed by atoms with E-state index in [4.69, 9.17) is 12.2 Å². The molecule has 0 aromatic carbocycles. The molecule has 0 atom stereocenters. The van der Waals surface area contributed by atoms with Crippen molar-refractivity contribution in [3.05, 3.63) is 0 Å². The van der Waals surface area contributed by atoms with Gasteiger partial charge in [-0.1, -0.05) is 19.8 Å². The highest BCUT2D eigenvalue weighted by Crippen LogP contribution is 2.45. The molecule has 1 heteroatoms. The minimum Gasteiger partial charge on any atom is -0.315 e. The summed E-state index contributed by atoms with van der Waals surface area (Å²) < 4.78 is 0. The van der Waals surface area contributed by atoms with Crippen molar-refractivity contribution in [2.75, 3.05) is 0 Å². The third kappa shape index (κ3) is 1.09. The molecule has 0 amide bonds. The summed E-state index contributed by atoms with van der Waals surface area (Å²) in [6.07, 6.45) is 7.15. The van der Waals surface area contributed by atoms with Crippen LogP contribution in [0.5, 0.6) is 0 Å². The number of terminal acetylenes is 1. The number of rotatable bonds is 0. The van der Waals surface area contributed by atoms with Gasteiger partial charge in [-0.25, -0.2) is 0 Å². The Morgan fingerprint density at radius 2 is 1.89 bits per heavy atom. The first-order valence-corrected chi connectivity index (χ1v) is 3.24. The maximum Gasteiger partial charge on any atom is 0.0783 e. The predicted octanol–water partition coefficient (Wildman–Crippen LogP) is 1.14. The molecule has 50 valence electrons. The monoisotopic (exact) mass is 123 g/mol. The molecular formula is C8H13N. The van der Waals surface area contributed by atoms with Crippen molar-refractivity contribution in [1.82, 2.24) is 0 Å². The van der Waals surface area contributed by atoms with Gasteiger partial charge in [0.2, 0.25) is 0 Å². The van der Waals surface area contributed by atoms with Gasteiger partial charge in [-0.3, -0.25) is 0 Å². The van der Waals surface area contributed by atoms with E-state index in [1.54, 1.807) is 0 Å². The number of hydrogen-bond acceptors (Lipinski definition) is 1. The normalized spacial score (nSPS) is 28.2. The van der Waals surface area contributed by atoms with E-state index in [9.17, 15) is 0 Å². The van der Waals surface area contributed by atoms with Gasteiger partial charge >= 0.3 is 0 Å². The van der Waals surface area contributed by atoms with E-state index in [0.29, 0.717) is 5.41 Å². The van der Waals surface area contributed by atoms with Gasteiger partial charge in [0.1, 0.15) is 0 Å². The summed E-state index contributed by atoms with van der Waals surface area (Å²) in [5.74, 6) is 2.61. The number of nitrogens with two attached hydrogens (primary N) is 1. The minimum absolute atomic E-state index is 0.274. The van der Waals surface area contributed by atoms with Crippen LogP contribution in [0.1, 0.15) is 26.7 Å². The molecule has 1 aliphatic rings. The molecule has 0 aliphatic heterocycles. The van der Waals surface area contributed by atoms with Gasteiger partial charge in [-0.2, -0.15) is 0 Å². The fourth-order valence-electron chi connectivity index (χ4n) is 1.76. The molecule has 9 heavy (non-hydrogen) atoms. The second-order valence-electron chi connectivity index (χ2n) is 3.82. The second kappa shape index (κ2) is 1.52. The third-order valence-electron chi connectivity index (χ3n) is 1.88. The first kappa shape index (κ1) is 6.64. The van der Waals surface area contributed by atoms with Crippen LogP contribution in [-0.2, 0) is 0 Å². The Kier molecular flexibility index (Phi) is 1.12. The average Bonchev–Trinajstić information content (AvgIpc) is 1.61. The van der Waals surface area contributed by atoms with Gasteiger partial charge in [0.05, 0.1) is 5.54 Å². The van der Waals surface area contributed by atoms with E-state index in [2.05, 4.69) is 19.8 Å². The fourth-order valence-corrected chi connectivity index (χ4v) is 1.76. The summed E-state index contributed by atoms with van der Waals surface area (Å²) >= 11 is 0. The first-order valence-electron chi connectivity index (χ1n) is 3.24. The lowest BCUT2D eigenvalue weighted by Gasteiger charge is -2.47. The minimum atomic E-state index is -0.274. The standard InChI is InChI=1S/C8H13N/c1-4-8(9)5-7(2,3)6-8/h1H,5-6,9H2,2-3H3. The Morgan fingerprint density at radius 1 is 1.44 bits per heavy atom. The molecule has 0 aromatic rings. The summed E-state index contributed by atoms with van der Waals surface area (Å²) in [5.41, 5.74) is 5.86. The van der Waals surface area contributed by atoms with Crippen molar-refractivity contribution in [2.24, 2.45) is 11.1 Å². The van der Waals surface area contributed by atoms with Crippen molar-refractivity contribution < 1.29 is 0 Å². The van der Waals surface area contributed by atoms with Crippen LogP contribution in [0.3, 0.4) is 0 Å². The van der Waals surface area contributed by atoms with E-state index in [-0.39, 0.29) is 5.54 Å². The van der Waals surface area contributed by atoms with Gasteiger partial charge in [0.15, 0.2) is 0 Å². The lowest BCUT2D eigenvalue weighted by Crippen LogP contribution is -2.54. The molecule has 0 heterocycles. The summed E-state index contributed by atoms with van der Waals surface area (Å²) in [5, 5.41) is 0. The first-order chi connectivity index (χ1) is 3.97. The van der Waals surface area contributed by atoms with Crippen LogP contribution in [0.4, 0.5) is 0 Å². The van der Waals surface area contributed by atoms with Crippen LogP contribution in [0, 0.1) is 17.8 Å². The molecule has 0 spiro atoms. The summed E-state index contributed by atoms with van der Waals surface area (Å²) in [7, 11) is 0. The maximum absolute atomic E-state index is 5.74.